The number of morpholine rings is 1. The summed E-state index contributed by atoms with van der Waals surface area (Å²) in [5.74, 6) is -0.322. The summed E-state index contributed by atoms with van der Waals surface area (Å²) in [5, 5.41) is -0.138. The molecule has 1 aliphatic carbocycles. The number of halogens is 1. The van der Waals surface area contributed by atoms with Crippen LogP contribution in [0, 0.1) is 11.8 Å². The van der Waals surface area contributed by atoms with Crippen LogP contribution in [0.4, 0.5) is 5.69 Å². The smallest absolute Gasteiger partial charge is 0.264 e. The maximum atomic E-state index is 14.1. The van der Waals surface area contributed by atoms with Crippen LogP contribution in [0.3, 0.4) is 0 Å². The predicted molar refractivity (Wildman–Crippen MR) is 215 cm³/mol. The van der Waals surface area contributed by atoms with Gasteiger partial charge in [-0.05, 0) is 79.5 Å². The Morgan fingerprint density at radius 3 is 2.75 bits per heavy atom. The van der Waals surface area contributed by atoms with Crippen LogP contribution >= 0.6 is 11.6 Å². The molecule has 14 heteroatoms. The molecule has 2 aromatic carbocycles. The Kier molecular flexibility index (Phi) is 11.8. The van der Waals surface area contributed by atoms with E-state index in [-0.39, 0.29) is 41.9 Å². The number of aryl methyl sites for hydroxylation is 1. The van der Waals surface area contributed by atoms with Crippen molar-refractivity contribution < 1.29 is 36.9 Å². The van der Waals surface area contributed by atoms with Crippen molar-refractivity contribution in [2.24, 2.45) is 11.8 Å². The number of ether oxygens (including phenoxy) is 5. The molecule has 2 bridgehead atoms. The normalized spacial score (nSPS) is 34.2. The fourth-order valence-corrected chi connectivity index (χ4v) is 12.0. The molecular weight excluding hydrogens is 756 g/mol. The van der Waals surface area contributed by atoms with E-state index in [0.29, 0.717) is 51.1 Å². The minimum Gasteiger partial charge on any atom is -0.490 e. The van der Waals surface area contributed by atoms with Crippen LogP contribution in [0.5, 0.6) is 5.75 Å². The fourth-order valence-electron chi connectivity index (χ4n) is 10.2. The molecule has 56 heavy (non-hydrogen) atoms. The van der Waals surface area contributed by atoms with Crippen LogP contribution in [-0.4, -0.2) is 140 Å². The number of nitrogens with zero attached hydrogens (tertiary/aromatic N) is 3. The molecule has 1 amide bonds. The SMILES string of the molecule is COCC[C@@H]1[C@@H](C)C/C=C/[C@@](CN2CCN3CCOC[C@@H]3C2)(OC)[C@@H]2CO[C@H]2CN2C[C@@]3(CCCc4cc(Cl)ccc43)COc3ccc(cc32)C(=O)NS1(=O)=O. The molecule has 2 aromatic rings. The second-order valence-corrected chi connectivity index (χ2v) is 19.2. The Bertz CT molecular complexity index is 1900. The van der Waals surface area contributed by atoms with Gasteiger partial charge in [0.15, 0.2) is 0 Å². The molecule has 0 unspecified atom stereocenters. The number of sulfonamides is 1. The molecule has 3 saturated heterocycles. The van der Waals surface area contributed by atoms with Crippen molar-refractivity contribution in [3.05, 3.63) is 70.3 Å². The Morgan fingerprint density at radius 2 is 1.95 bits per heavy atom. The van der Waals surface area contributed by atoms with Gasteiger partial charge in [-0.3, -0.25) is 14.6 Å². The summed E-state index contributed by atoms with van der Waals surface area (Å²) in [4.78, 5) is 21.2. The summed E-state index contributed by atoms with van der Waals surface area (Å²) in [6, 6.07) is 11.8. The maximum Gasteiger partial charge on any atom is 0.264 e. The summed E-state index contributed by atoms with van der Waals surface area (Å²) in [5.41, 5.74) is 2.42. The fraction of sp³-hybridized carbons (Fsp3) is 0.643. The van der Waals surface area contributed by atoms with Gasteiger partial charge in [0.2, 0.25) is 10.0 Å². The lowest BCUT2D eigenvalue weighted by molar-refractivity contribution is -0.195. The largest absolute Gasteiger partial charge is 0.490 e. The van der Waals surface area contributed by atoms with Crippen LogP contribution in [0.1, 0.15) is 54.1 Å². The predicted octanol–water partition coefficient (Wildman–Crippen LogP) is 4.29. The van der Waals surface area contributed by atoms with Crippen molar-refractivity contribution in [3.63, 3.8) is 0 Å². The molecule has 0 saturated carbocycles. The second-order valence-electron chi connectivity index (χ2n) is 16.8. The van der Waals surface area contributed by atoms with E-state index in [1.165, 1.54) is 11.1 Å². The topological polar surface area (TPSA) is 119 Å². The lowest BCUT2D eigenvalue weighted by atomic mass is 9.70. The maximum absolute atomic E-state index is 14.1. The first-order valence-corrected chi connectivity index (χ1v) is 22.2. The zero-order valence-electron chi connectivity index (χ0n) is 32.9. The van der Waals surface area contributed by atoms with E-state index in [1.807, 2.05) is 13.0 Å². The third kappa shape index (κ3) is 7.87. The van der Waals surface area contributed by atoms with Gasteiger partial charge < -0.3 is 28.6 Å². The lowest BCUT2D eigenvalue weighted by Gasteiger charge is -2.52. The summed E-state index contributed by atoms with van der Waals surface area (Å²) < 4.78 is 61.7. The van der Waals surface area contributed by atoms with Crippen molar-refractivity contribution in [1.29, 1.82) is 0 Å². The van der Waals surface area contributed by atoms with Crippen molar-refractivity contribution in [3.8, 4) is 5.75 Å². The highest BCUT2D eigenvalue weighted by atomic mass is 35.5. The van der Waals surface area contributed by atoms with E-state index >= 15 is 0 Å². The van der Waals surface area contributed by atoms with Gasteiger partial charge in [-0.2, -0.15) is 0 Å². The summed E-state index contributed by atoms with van der Waals surface area (Å²) >= 11 is 6.51. The molecule has 1 N–H and O–H groups in total. The van der Waals surface area contributed by atoms with Gasteiger partial charge in [-0.15, -0.1) is 0 Å². The average molecular weight is 813 g/mol. The van der Waals surface area contributed by atoms with Gasteiger partial charge in [-0.25, -0.2) is 13.1 Å². The molecule has 12 nitrogen and oxygen atoms in total. The molecule has 5 heterocycles. The number of hydrogen-bond donors (Lipinski definition) is 1. The minimum absolute atomic E-state index is 0.00752. The first kappa shape index (κ1) is 40.0. The number of amides is 1. The molecule has 306 valence electrons. The first-order valence-electron chi connectivity index (χ1n) is 20.3. The molecule has 0 aromatic heterocycles. The van der Waals surface area contributed by atoms with E-state index in [2.05, 4.69) is 43.7 Å². The monoisotopic (exact) mass is 812 g/mol. The number of fused-ring (bicyclic) bond motifs is 5. The number of allylic oxidation sites excluding steroid dienone is 1. The molecule has 6 aliphatic rings. The number of carbonyl (C=O) groups excluding carboxylic acids is 1. The standard InChI is InChI=1S/C42H57ClN4O8S/c1-29-6-4-14-42(52-3,27-45-15-16-46-17-19-53-24-33(46)22-45)35-25-54-38(35)23-47-26-41(13-5-7-30-20-32(43)9-10-34(30)41)28-55-37-11-8-31(21-36(37)47)40(48)44-56(49,50)39(29)12-18-51-2/h4,8-11,14,20-21,29,33,35,38-39H,5-7,12-13,15-19,22-28H2,1-3H3,(H,44,48)/b14-4+/t29-,33-,35+,38-,39+,41-,42-/m0/s1. The minimum atomic E-state index is -4.09. The number of hydrogen-bond acceptors (Lipinski definition) is 11. The molecule has 5 aliphatic heterocycles. The summed E-state index contributed by atoms with van der Waals surface area (Å²) in [7, 11) is -0.739. The van der Waals surface area contributed by atoms with Crippen molar-refractivity contribution in [1.82, 2.24) is 14.5 Å². The number of nitrogens with one attached hydrogen (secondary N) is 1. The number of methoxy groups -OCH3 is 2. The molecule has 8 rings (SSSR count). The number of anilines is 1. The van der Waals surface area contributed by atoms with E-state index in [0.717, 1.165) is 69.4 Å². The molecule has 1 spiro atoms. The Hall–Kier alpha value is -2.75. The summed E-state index contributed by atoms with van der Waals surface area (Å²) in [6.07, 6.45) is 7.67. The van der Waals surface area contributed by atoms with Crippen LogP contribution in [0.15, 0.2) is 48.6 Å². The third-order valence-electron chi connectivity index (χ3n) is 13.4. The third-order valence-corrected chi connectivity index (χ3v) is 15.6. The number of carbonyl (C=O) groups is 1. The molecule has 0 radical (unpaired) electrons. The van der Waals surface area contributed by atoms with E-state index in [4.69, 9.17) is 35.3 Å². The van der Waals surface area contributed by atoms with E-state index < -0.39 is 26.8 Å². The van der Waals surface area contributed by atoms with Gasteiger partial charge in [0, 0.05) is 94.6 Å². The van der Waals surface area contributed by atoms with Gasteiger partial charge in [0.1, 0.15) is 11.4 Å². The highest BCUT2D eigenvalue weighted by molar-refractivity contribution is 7.90. The highest BCUT2D eigenvalue weighted by Crippen LogP contribution is 2.46. The van der Waals surface area contributed by atoms with Gasteiger partial charge >= 0.3 is 0 Å². The Balaban J connectivity index is 1.20. The highest BCUT2D eigenvalue weighted by Gasteiger charge is 2.51. The van der Waals surface area contributed by atoms with Crippen molar-refractivity contribution in [2.45, 2.75) is 67.4 Å². The Morgan fingerprint density at radius 1 is 1.07 bits per heavy atom. The van der Waals surface area contributed by atoms with Gasteiger partial charge in [0.05, 0.1) is 43.5 Å². The first-order chi connectivity index (χ1) is 27.0. The molecular formula is C42H57ClN4O8S. The lowest BCUT2D eigenvalue weighted by Crippen LogP contribution is -2.65. The van der Waals surface area contributed by atoms with E-state index in [9.17, 15) is 13.2 Å². The summed E-state index contributed by atoms with van der Waals surface area (Å²) in [6.45, 7) is 10.2. The number of rotatable bonds is 6. The van der Waals surface area contributed by atoms with Crippen LogP contribution < -0.4 is 14.4 Å². The van der Waals surface area contributed by atoms with Crippen LogP contribution in [0.2, 0.25) is 5.02 Å². The van der Waals surface area contributed by atoms with Gasteiger partial charge in [-0.1, -0.05) is 36.7 Å². The zero-order chi connectivity index (χ0) is 39.1. The average Bonchev–Trinajstić information content (AvgIpc) is 3.32. The zero-order valence-corrected chi connectivity index (χ0v) is 34.5. The van der Waals surface area contributed by atoms with E-state index in [1.54, 1.807) is 32.4 Å². The quantitative estimate of drug-likeness (QED) is 0.421. The molecule has 3 fully saturated rings. The number of benzene rings is 2. The van der Waals surface area contributed by atoms with Crippen molar-refractivity contribution >= 4 is 33.2 Å². The van der Waals surface area contributed by atoms with Crippen LogP contribution in [0.25, 0.3) is 0 Å². The Labute approximate surface area is 336 Å². The van der Waals surface area contributed by atoms with Gasteiger partial charge in [0.25, 0.3) is 5.91 Å². The molecule has 7 atom stereocenters. The van der Waals surface area contributed by atoms with Crippen LogP contribution in [-0.2, 0) is 40.8 Å². The second kappa shape index (κ2) is 16.5. The number of piperazine rings is 1. The van der Waals surface area contributed by atoms with Crippen molar-refractivity contribution in [2.75, 3.05) is 98.0 Å².